The molecule has 1 heterocycles. The smallest absolute Gasteiger partial charge is 0.265 e. The Bertz CT molecular complexity index is 1100. The number of carbonyl (C=O) groups excluding carboxylic acids is 2. The second-order valence-corrected chi connectivity index (χ2v) is 9.41. The number of sulfonamides is 1. The van der Waals surface area contributed by atoms with Crippen LogP contribution in [-0.2, 0) is 26.2 Å². The van der Waals surface area contributed by atoms with Gasteiger partial charge in [-0.1, -0.05) is 29.8 Å². The Kier molecular flexibility index (Phi) is 6.35. The van der Waals surface area contributed by atoms with E-state index in [1.807, 2.05) is 0 Å². The van der Waals surface area contributed by atoms with Crippen LogP contribution in [0.15, 0.2) is 41.3 Å². The molecule has 0 saturated heterocycles. The molecule has 0 aliphatic carbocycles. The minimum atomic E-state index is -3.97. The molecular weight excluding hydrogens is 430 g/mol. The number of aryl methyl sites for hydroxylation is 1. The highest BCUT2D eigenvalue weighted by Crippen LogP contribution is 2.35. The van der Waals surface area contributed by atoms with Gasteiger partial charge in [0.15, 0.2) is 6.10 Å². The van der Waals surface area contributed by atoms with Gasteiger partial charge in [-0.2, -0.15) is 4.31 Å². The highest BCUT2D eigenvalue weighted by molar-refractivity contribution is 7.89. The molecule has 0 bridgehead atoms. The average molecular weight is 452 g/mol. The lowest BCUT2D eigenvalue weighted by Gasteiger charge is -2.25. The Morgan fingerprint density at radius 2 is 2.00 bits per heavy atom. The van der Waals surface area contributed by atoms with Crippen LogP contribution >= 0.6 is 11.6 Å². The van der Waals surface area contributed by atoms with Crippen LogP contribution in [0.4, 0.5) is 5.69 Å². The maximum absolute atomic E-state index is 13.0. The number of halogens is 1. The van der Waals surface area contributed by atoms with Crippen molar-refractivity contribution in [2.24, 2.45) is 0 Å². The zero-order valence-electron chi connectivity index (χ0n) is 16.7. The van der Waals surface area contributed by atoms with Crippen LogP contribution in [0.3, 0.4) is 0 Å². The number of hydrogen-bond acceptors (Lipinski definition) is 5. The van der Waals surface area contributed by atoms with Crippen molar-refractivity contribution < 1.29 is 22.7 Å². The molecule has 1 aliphatic heterocycles. The number of amides is 2. The summed E-state index contributed by atoms with van der Waals surface area (Å²) in [5.74, 6) is -0.499. The van der Waals surface area contributed by atoms with Gasteiger partial charge in [-0.25, -0.2) is 8.42 Å². The maximum Gasteiger partial charge on any atom is 0.265 e. The molecule has 10 heteroatoms. The molecule has 0 aromatic heterocycles. The summed E-state index contributed by atoms with van der Waals surface area (Å²) in [6.45, 7) is 3.01. The van der Waals surface area contributed by atoms with E-state index in [0.717, 1.165) is 9.87 Å². The van der Waals surface area contributed by atoms with Crippen LogP contribution in [0.2, 0.25) is 5.02 Å². The number of ether oxygens (including phenoxy) is 1. The van der Waals surface area contributed by atoms with E-state index in [2.05, 4.69) is 10.6 Å². The number of nitrogens with one attached hydrogen (secondary N) is 2. The van der Waals surface area contributed by atoms with Crippen LogP contribution in [0, 0.1) is 6.92 Å². The van der Waals surface area contributed by atoms with Gasteiger partial charge in [0.25, 0.3) is 5.91 Å². The second-order valence-electron chi connectivity index (χ2n) is 6.99. The van der Waals surface area contributed by atoms with Crippen molar-refractivity contribution in [1.82, 2.24) is 9.62 Å². The Balaban J connectivity index is 1.73. The predicted octanol–water partition coefficient (Wildman–Crippen LogP) is 2.30. The molecule has 0 spiro atoms. The number of hydrogen-bond donors (Lipinski definition) is 2. The van der Waals surface area contributed by atoms with Crippen LogP contribution in [0.1, 0.15) is 18.1 Å². The zero-order chi connectivity index (χ0) is 22.1. The van der Waals surface area contributed by atoms with Crippen molar-refractivity contribution in [3.63, 3.8) is 0 Å². The monoisotopic (exact) mass is 451 g/mol. The van der Waals surface area contributed by atoms with Crippen molar-refractivity contribution in [2.75, 3.05) is 18.9 Å². The molecular formula is C20H22ClN3O5S. The van der Waals surface area contributed by atoms with E-state index in [1.54, 1.807) is 38.1 Å². The van der Waals surface area contributed by atoms with E-state index >= 15 is 0 Å². The van der Waals surface area contributed by atoms with E-state index < -0.39 is 22.0 Å². The van der Waals surface area contributed by atoms with Crippen LogP contribution in [0.5, 0.6) is 5.75 Å². The molecule has 1 aliphatic rings. The Morgan fingerprint density at radius 3 is 2.70 bits per heavy atom. The molecule has 2 aromatic carbocycles. The van der Waals surface area contributed by atoms with Gasteiger partial charge in [-0.15, -0.1) is 0 Å². The molecule has 0 saturated carbocycles. The fourth-order valence-corrected chi connectivity index (χ4v) is 4.51. The minimum absolute atomic E-state index is 0.00556. The number of carbonyl (C=O) groups is 2. The summed E-state index contributed by atoms with van der Waals surface area (Å²) in [4.78, 5) is 24.0. The molecule has 3 rings (SSSR count). The molecule has 2 N–H and O–H groups in total. The second kappa shape index (κ2) is 8.63. The third kappa shape index (κ3) is 4.58. The number of anilines is 1. The fourth-order valence-electron chi connectivity index (χ4n) is 2.97. The third-order valence-corrected chi connectivity index (χ3v) is 7.01. The fraction of sp³-hybridized carbons (Fsp3) is 0.300. The first-order chi connectivity index (χ1) is 14.1. The minimum Gasteiger partial charge on any atom is -0.479 e. The molecule has 2 aromatic rings. The SMILES string of the molecule is Cc1cc2c(cc1S(=O)(=O)N(C)CC(=O)NCc1ccccc1Cl)O[C@@H](C)C(=O)N2. The first-order valence-corrected chi connectivity index (χ1v) is 11.0. The van der Waals surface area contributed by atoms with Crippen molar-refractivity contribution in [3.8, 4) is 5.75 Å². The van der Waals surface area contributed by atoms with Gasteiger partial charge in [-0.3, -0.25) is 9.59 Å². The summed E-state index contributed by atoms with van der Waals surface area (Å²) in [5.41, 5.74) is 1.57. The average Bonchev–Trinajstić information content (AvgIpc) is 2.68. The number of likely N-dealkylation sites (N-methyl/N-ethyl adjacent to an activating group) is 1. The number of nitrogens with zero attached hydrogens (tertiary/aromatic N) is 1. The summed E-state index contributed by atoms with van der Waals surface area (Å²) in [6, 6.07) is 9.98. The number of fused-ring (bicyclic) bond motifs is 1. The molecule has 8 nitrogen and oxygen atoms in total. The summed E-state index contributed by atoms with van der Waals surface area (Å²) >= 11 is 6.07. The van der Waals surface area contributed by atoms with E-state index in [4.69, 9.17) is 16.3 Å². The molecule has 30 heavy (non-hydrogen) atoms. The molecule has 2 amide bonds. The van der Waals surface area contributed by atoms with Gasteiger partial charge >= 0.3 is 0 Å². The van der Waals surface area contributed by atoms with Crippen molar-refractivity contribution in [2.45, 2.75) is 31.4 Å². The lowest BCUT2D eigenvalue weighted by molar-refractivity contribution is -0.123. The number of benzene rings is 2. The third-order valence-electron chi connectivity index (χ3n) is 4.70. The molecule has 0 unspecified atom stereocenters. The highest BCUT2D eigenvalue weighted by atomic mass is 35.5. The summed E-state index contributed by atoms with van der Waals surface area (Å²) in [5, 5.41) is 5.87. The lowest BCUT2D eigenvalue weighted by Crippen LogP contribution is -2.38. The normalized spacial score (nSPS) is 15.9. The largest absolute Gasteiger partial charge is 0.479 e. The first kappa shape index (κ1) is 22.1. The lowest BCUT2D eigenvalue weighted by atomic mass is 10.1. The number of rotatable bonds is 6. The topological polar surface area (TPSA) is 105 Å². The van der Waals surface area contributed by atoms with E-state index in [-0.39, 0.29) is 29.6 Å². The van der Waals surface area contributed by atoms with Crippen molar-refractivity contribution in [1.29, 1.82) is 0 Å². The summed E-state index contributed by atoms with van der Waals surface area (Å²) in [6.07, 6.45) is -0.732. The van der Waals surface area contributed by atoms with Gasteiger partial charge < -0.3 is 15.4 Å². The van der Waals surface area contributed by atoms with E-state index in [0.29, 0.717) is 16.3 Å². The molecule has 1 atom stereocenters. The van der Waals surface area contributed by atoms with Gasteiger partial charge in [-0.05, 0) is 37.1 Å². The molecule has 0 radical (unpaired) electrons. The van der Waals surface area contributed by atoms with Crippen LogP contribution < -0.4 is 15.4 Å². The van der Waals surface area contributed by atoms with Gasteiger partial charge in [0.2, 0.25) is 15.9 Å². The Morgan fingerprint density at radius 1 is 1.30 bits per heavy atom. The Labute approximate surface area is 180 Å². The standard InChI is InChI=1S/C20H22ClN3O5S/c1-12-8-16-17(29-13(2)20(26)23-16)9-18(12)30(27,28)24(3)11-19(25)22-10-14-6-4-5-7-15(14)21/h4-9,13H,10-11H2,1-3H3,(H,22,25)(H,23,26)/t13-/m0/s1. The van der Waals surface area contributed by atoms with E-state index in [9.17, 15) is 18.0 Å². The molecule has 0 fully saturated rings. The van der Waals surface area contributed by atoms with Gasteiger partial charge in [0, 0.05) is 24.7 Å². The van der Waals surface area contributed by atoms with Gasteiger partial charge in [0.1, 0.15) is 5.75 Å². The van der Waals surface area contributed by atoms with Crippen molar-refractivity contribution >= 4 is 39.1 Å². The highest BCUT2D eigenvalue weighted by Gasteiger charge is 2.30. The Hall–Kier alpha value is -2.62. The van der Waals surface area contributed by atoms with Crippen LogP contribution in [0.25, 0.3) is 0 Å². The summed E-state index contributed by atoms with van der Waals surface area (Å²) in [7, 11) is -2.64. The van der Waals surface area contributed by atoms with Crippen molar-refractivity contribution in [3.05, 3.63) is 52.5 Å². The van der Waals surface area contributed by atoms with Crippen LogP contribution in [-0.4, -0.2) is 44.2 Å². The van der Waals surface area contributed by atoms with E-state index in [1.165, 1.54) is 19.2 Å². The first-order valence-electron chi connectivity index (χ1n) is 9.18. The predicted molar refractivity (Wildman–Crippen MR) is 113 cm³/mol. The quantitative estimate of drug-likeness (QED) is 0.701. The zero-order valence-corrected chi connectivity index (χ0v) is 18.3. The molecule has 160 valence electrons. The maximum atomic E-state index is 13.0. The van der Waals surface area contributed by atoms with Gasteiger partial charge in [0.05, 0.1) is 17.1 Å². The summed E-state index contributed by atoms with van der Waals surface area (Å²) < 4.78 is 32.5.